The molecule has 11 heteroatoms. The van der Waals surface area contributed by atoms with E-state index >= 15 is 0 Å². The summed E-state index contributed by atoms with van der Waals surface area (Å²) in [6.07, 6.45) is -0.887. The first-order valence-electron chi connectivity index (χ1n) is 11.2. The van der Waals surface area contributed by atoms with E-state index in [2.05, 4.69) is 14.6 Å². The fraction of sp³-hybridized carbons (Fsp3) is 0.333. The van der Waals surface area contributed by atoms with Gasteiger partial charge in [0, 0.05) is 49.7 Å². The van der Waals surface area contributed by atoms with Crippen molar-refractivity contribution in [2.75, 3.05) is 42.6 Å². The van der Waals surface area contributed by atoms with Crippen LogP contribution in [0.3, 0.4) is 0 Å². The zero-order chi connectivity index (χ0) is 24.4. The largest absolute Gasteiger partial charge is 0.491 e. The highest BCUT2D eigenvalue weighted by Gasteiger charge is 2.41. The van der Waals surface area contributed by atoms with Crippen molar-refractivity contribution < 1.29 is 27.4 Å². The summed E-state index contributed by atoms with van der Waals surface area (Å²) in [6.45, 7) is 3.69. The molecule has 0 bridgehead atoms. The van der Waals surface area contributed by atoms with Crippen LogP contribution in [0.4, 0.5) is 24.9 Å². The van der Waals surface area contributed by atoms with Gasteiger partial charge in [-0.1, -0.05) is 18.2 Å². The van der Waals surface area contributed by atoms with E-state index in [1.165, 1.54) is 12.1 Å². The summed E-state index contributed by atoms with van der Waals surface area (Å²) in [5.41, 5.74) is 3.09. The molecule has 182 valence electrons. The summed E-state index contributed by atoms with van der Waals surface area (Å²) in [5.74, 6) is -1.16. The molecule has 0 atom stereocenters. The zero-order valence-electron chi connectivity index (χ0n) is 18.7. The number of hydrogen-bond donors (Lipinski definition) is 0. The third-order valence-corrected chi connectivity index (χ3v) is 5.84. The summed E-state index contributed by atoms with van der Waals surface area (Å²) in [4.78, 5) is 29.4. The number of rotatable bonds is 5. The van der Waals surface area contributed by atoms with Gasteiger partial charge >= 0.3 is 12.1 Å². The molecule has 0 spiro atoms. The number of anilines is 2. The van der Waals surface area contributed by atoms with E-state index in [0.29, 0.717) is 63.0 Å². The van der Waals surface area contributed by atoms with Crippen molar-refractivity contribution in [2.24, 2.45) is 0 Å². The number of benzene rings is 1. The summed E-state index contributed by atoms with van der Waals surface area (Å²) in [5, 5.41) is 0. The lowest BCUT2D eigenvalue weighted by molar-refractivity contribution is -0.189. The number of halogens is 3. The van der Waals surface area contributed by atoms with E-state index in [0.717, 1.165) is 16.9 Å². The number of hydrogen-bond acceptors (Lipinski definition) is 8. The second-order valence-electron chi connectivity index (χ2n) is 8.22. The van der Waals surface area contributed by atoms with Crippen LogP contribution in [0.25, 0.3) is 11.3 Å². The second kappa shape index (κ2) is 9.49. The van der Waals surface area contributed by atoms with Crippen LogP contribution in [0.2, 0.25) is 0 Å². The van der Waals surface area contributed by atoms with Gasteiger partial charge in [-0.3, -0.25) is 4.98 Å². The maximum absolute atomic E-state index is 12.7. The predicted octanol–water partition coefficient (Wildman–Crippen LogP) is 3.41. The smallest absolute Gasteiger partial charge is 0.420 e. The van der Waals surface area contributed by atoms with Gasteiger partial charge in [0.15, 0.2) is 0 Å². The Morgan fingerprint density at radius 3 is 2.66 bits per heavy atom. The molecular weight excluding hydrogens is 463 g/mol. The number of esters is 1. The molecule has 2 aromatic heterocycles. The van der Waals surface area contributed by atoms with Crippen LogP contribution in [0.1, 0.15) is 11.1 Å². The van der Waals surface area contributed by atoms with Gasteiger partial charge in [-0.05, 0) is 30.2 Å². The van der Waals surface area contributed by atoms with Crippen LogP contribution in [0, 0.1) is 0 Å². The van der Waals surface area contributed by atoms with Gasteiger partial charge in [-0.15, -0.1) is 0 Å². The average molecular weight is 485 g/mol. The lowest BCUT2D eigenvalue weighted by Gasteiger charge is -2.28. The first-order valence-corrected chi connectivity index (χ1v) is 11.2. The van der Waals surface area contributed by atoms with Gasteiger partial charge in [0.25, 0.3) is 0 Å². The highest BCUT2D eigenvalue weighted by molar-refractivity contribution is 5.79. The predicted molar refractivity (Wildman–Crippen MR) is 121 cm³/mol. The Balaban J connectivity index is 1.53. The monoisotopic (exact) mass is 485 g/mol. The van der Waals surface area contributed by atoms with Crippen molar-refractivity contribution in [1.82, 2.24) is 15.0 Å². The number of fused-ring (bicyclic) bond motifs is 1. The Hall–Kier alpha value is -3.73. The van der Waals surface area contributed by atoms with Gasteiger partial charge in [-0.25, -0.2) is 9.78 Å². The maximum Gasteiger partial charge on any atom is 0.491 e. The third kappa shape index (κ3) is 5.04. The van der Waals surface area contributed by atoms with E-state index in [1.807, 2.05) is 17.0 Å². The Bertz CT molecular complexity index is 1220. The number of carbonyl (C=O) groups excluding carboxylic acids is 1. The molecule has 1 saturated heterocycles. The van der Waals surface area contributed by atoms with Crippen molar-refractivity contribution >= 4 is 17.7 Å². The third-order valence-electron chi connectivity index (χ3n) is 5.84. The number of alkyl halides is 3. The highest BCUT2D eigenvalue weighted by atomic mass is 19.4. The Kier molecular flexibility index (Phi) is 6.25. The molecule has 1 fully saturated rings. The number of ether oxygens (including phenoxy) is 2. The number of nitrogens with zero attached hydrogens (tertiary/aromatic N) is 5. The number of morpholine rings is 1. The number of aromatic nitrogens is 3. The van der Waals surface area contributed by atoms with Gasteiger partial charge in [0.2, 0.25) is 5.95 Å². The van der Waals surface area contributed by atoms with Gasteiger partial charge < -0.3 is 19.3 Å². The number of pyridine rings is 1. The van der Waals surface area contributed by atoms with Crippen LogP contribution in [-0.2, 0) is 22.5 Å². The lowest BCUT2D eigenvalue weighted by Crippen LogP contribution is -2.37. The SMILES string of the molecule is O=C(Oc1cccc(-c2nc(N3CCOCC3)nc3c2CCN3Cc2cccnc2)c1)C(F)(F)F. The quantitative estimate of drug-likeness (QED) is 0.402. The van der Waals surface area contributed by atoms with Crippen LogP contribution < -0.4 is 14.5 Å². The Morgan fingerprint density at radius 2 is 1.91 bits per heavy atom. The summed E-state index contributed by atoms with van der Waals surface area (Å²) < 4.78 is 48.1. The molecule has 0 unspecified atom stereocenters. The molecule has 8 nitrogen and oxygen atoms in total. The van der Waals surface area contributed by atoms with Crippen molar-refractivity contribution in [2.45, 2.75) is 19.1 Å². The summed E-state index contributed by atoms with van der Waals surface area (Å²) in [6, 6.07) is 9.87. The minimum atomic E-state index is -5.08. The molecule has 0 saturated carbocycles. The van der Waals surface area contributed by atoms with Crippen molar-refractivity contribution in [3.8, 4) is 17.0 Å². The topological polar surface area (TPSA) is 80.7 Å². The van der Waals surface area contributed by atoms with Crippen LogP contribution in [-0.4, -0.2) is 59.9 Å². The van der Waals surface area contributed by atoms with Crippen molar-refractivity contribution in [3.63, 3.8) is 0 Å². The average Bonchev–Trinajstić information content (AvgIpc) is 3.27. The summed E-state index contributed by atoms with van der Waals surface area (Å²) in [7, 11) is 0. The first-order chi connectivity index (χ1) is 16.9. The fourth-order valence-corrected chi connectivity index (χ4v) is 4.19. The molecule has 35 heavy (non-hydrogen) atoms. The van der Waals surface area contributed by atoms with E-state index in [9.17, 15) is 18.0 Å². The molecule has 3 aromatic rings. The molecule has 0 N–H and O–H groups in total. The van der Waals surface area contributed by atoms with Crippen LogP contribution >= 0.6 is 0 Å². The molecule has 2 aliphatic heterocycles. The normalized spacial score (nSPS) is 15.7. The zero-order valence-corrected chi connectivity index (χ0v) is 18.7. The van der Waals surface area contributed by atoms with Gasteiger partial charge in [0.05, 0.1) is 18.9 Å². The molecule has 0 amide bonds. The number of carbonyl (C=O) groups is 1. The van der Waals surface area contributed by atoms with Gasteiger partial charge in [-0.2, -0.15) is 18.2 Å². The summed E-state index contributed by atoms with van der Waals surface area (Å²) >= 11 is 0. The molecule has 4 heterocycles. The van der Waals surface area contributed by atoms with E-state index < -0.39 is 12.1 Å². The standard InChI is InChI=1S/C24H22F3N5O3/c25-24(26,27)22(33)35-18-5-1-4-17(13-18)20-19-6-8-32(15-16-3-2-7-28-14-16)21(19)30-23(29-20)31-9-11-34-12-10-31/h1-5,7,13-14H,6,8-12,15H2. The molecule has 0 aliphatic carbocycles. The minimum Gasteiger partial charge on any atom is -0.420 e. The van der Waals surface area contributed by atoms with Crippen molar-refractivity contribution in [3.05, 3.63) is 59.9 Å². The molecule has 5 rings (SSSR count). The Labute approximate surface area is 199 Å². The molecule has 1 aromatic carbocycles. The highest BCUT2D eigenvalue weighted by Crippen LogP contribution is 2.37. The molecular formula is C24H22F3N5O3. The fourth-order valence-electron chi connectivity index (χ4n) is 4.19. The maximum atomic E-state index is 12.7. The minimum absolute atomic E-state index is 0.199. The van der Waals surface area contributed by atoms with E-state index in [1.54, 1.807) is 24.5 Å². The Morgan fingerprint density at radius 1 is 1.09 bits per heavy atom. The van der Waals surface area contributed by atoms with E-state index in [-0.39, 0.29) is 5.75 Å². The molecule has 0 radical (unpaired) electrons. The van der Waals surface area contributed by atoms with Crippen molar-refractivity contribution in [1.29, 1.82) is 0 Å². The lowest BCUT2D eigenvalue weighted by atomic mass is 10.1. The van der Waals surface area contributed by atoms with Crippen LogP contribution in [0.15, 0.2) is 48.8 Å². The van der Waals surface area contributed by atoms with E-state index in [4.69, 9.17) is 14.7 Å². The van der Waals surface area contributed by atoms with Crippen LogP contribution in [0.5, 0.6) is 5.75 Å². The second-order valence-corrected chi connectivity index (χ2v) is 8.22. The molecule has 2 aliphatic rings. The van der Waals surface area contributed by atoms with Gasteiger partial charge in [0.1, 0.15) is 11.6 Å². The first kappa shape index (κ1) is 23.0.